The Kier molecular flexibility index (Phi) is 5.25. The number of ether oxygens (including phenoxy) is 1. The van der Waals surface area contributed by atoms with Gasteiger partial charge in [-0.25, -0.2) is 4.79 Å². The first-order chi connectivity index (χ1) is 7.63. The highest BCUT2D eigenvalue weighted by molar-refractivity contribution is 5.85. The lowest BCUT2D eigenvalue weighted by molar-refractivity contribution is -0.141. The largest absolute Gasteiger partial charge is 0.464 e. The van der Waals surface area contributed by atoms with Crippen LogP contribution >= 0.6 is 0 Å². The summed E-state index contributed by atoms with van der Waals surface area (Å²) in [6, 6.07) is -0.522. The van der Waals surface area contributed by atoms with E-state index < -0.39 is 12.1 Å². The standard InChI is InChI=1S/C11H19NO4/c1-2-3-4-8(13)7-10(14)12-9-5-6-16-11(9)15/h8-9,13H,2-7H2,1H3,(H,12,14)/t8?,9-/m0/s1. The quantitative estimate of drug-likeness (QED) is 0.645. The summed E-state index contributed by atoms with van der Waals surface area (Å²) in [6.07, 6.45) is 2.49. The lowest BCUT2D eigenvalue weighted by Crippen LogP contribution is -2.39. The minimum absolute atomic E-state index is 0.0593. The maximum atomic E-state index is 11.4. The number of nitrogens with one attached hydrogen (secondary N) is 1. The number of cyclic esters (lactones) is 1. The third kappa shape index (κ3) is 4.18. The molecule has 0 bridgehead atoms. The van der Waals surface area contributed by atoms with E-state index in [1.165, 1.54) is 0 Å². The Balaban J connectivity index is 2.22. The van der Waals surface area contributed by atoms with E-state index in [4.69, 9.17) is 4.74 Å². The van der Waals surface area contributed by atoms with Gasteiger partial charge in [-0.3, -0.25) is 4.79 Å². The molecule has 5 nitrogen and oxygen atoms in total. The smallest absolute Gasteiger partial charge is 0.328 e. The average molecular weight is 229 g/mol. The van der Waals surface area contributed by atoms with Crippen molar-refractivity contribution < 1.29 is 19.4 Å². The summed E-state index contributed by atoms with van der Waals surface area (Å²) in [5, 5.41) is 12.1. The molecule has 16 heavy (non-hydrogen) atoms. The van der Waals surface area contributed by atoms with Gasteiger partial charge in [0, 0.05) is 6.42 Å². The highest BCUT2D eigenvalue weighted by Crippen LogP contribution is 2.08. The highest BCUT2D eigenvalue weighted by atomic mass is 16.5. The van der Waals surface area contributed by atoms with Crippen molar-refractivity contribution >= 4 is 11.9 Å². The van der Waals surface area contributed by atoms with Crippen molar-refractivity contribution in [3.05, 3.63) is 0 Å². The third-order valence-electron chi connectivity index (χ3n) is 2.58. The van der Waals surface area contributed by atoms with E-state index in [0.29, 0.717) is 19.4 Å². The molecule has 1 aliphatic heterocycles. The summed E-state index contributed by atoms with van der Waals surface area (Å²) in [4.78, 5) is 22.5. The first-order valence-corrected chi connectivity index (χ1v) is 5.77. The molecule has 1 saturated heterocycles. The van der Waals surface area contributed by atoms with E-state index in [1.54, 1.807) is 0 Å². The van der Waals surface area contributed by atoms with Gasteiger partial charge in [-0.05, 0) is 6.42 Å². The number of aliphatic hydroxyl groups is 1. The first-order valence-electron chi connectivity index (χ1n) is 5.77. The number of rotatable bonds is 6. The predicted molar refractivity (Wildman–Crippen MR) is 57.7 cm³/mol. The predicted octanol–water partition coefficient (Wildman–Crippen LogP) is 0.359. The lowest BCUT2D eigenvalue weighted by atomic mass is 10.1. The fourth-order valence-corrected chi connectivity index (χ4v) is 1.64. The molecule has 1 fully saturated rings. The number of hydrogen-bond acceptors (Lipinski definition) is 4. The molecule has 0 aromatic heterocycles. The molecule has 1 amide bonds. The zero-order valence-electron chi connectivity index (χ0n) is 9.57. The van der Waals surface area contributed by atoms with Gasteiger partial charge in [0.15, 0.2) is 0 Å². The van der Waals surface area contributed by atoms with Crippen LogP contribution in [0.15, 0.2) is 0 Å². The summed E-state index contributed by atoms with van der Waals surface area (Å²) in [7, 11) is 0. The Morgan fingerprint density at radius 1 is 1.69 bits per heavy atom. The number of aliphatic hydroxyl groups excluding tert-OH is 1. The van der Waals surface area contributed by atoms with Crippen molar-refractivity contribution in [2.24, 2.45) is 0 Å². The molecule has 1 unspecified atom stereocenters. The van der Waals surface area contributed by atoms with E-state index >= 15 is 0 Å². The molecule has 1 heterocycles. The first kappa shape index (κ1) is 13.0. The Morgan fingerprint density at radius 3 is 3.00 bits per heavy atom. The van der Waals surface area contributed by atoms with Crippen molar-refractivity contribution in [3.8, 4) is 0 Å². The summed E-state index contributed by atoms with van der Waals surface area (Å²) in [5.74, 6) is -0.663. The fraction of sp³-hybridized carbons (Fsp3) is 0.818. The molecule has 1 rings (SSSR count). The Hall–Kier alpha value is -1.10. The molecule has 0 spiro atoms. The minimum Gasteiger partial charge on any atom is -0.464 e. The van der Waals surface area contributed by atoms with Crippen LogP contribution in [0.1, 0.15) is 39.0 Å². The van der Waals surface area contributed by atoms with Crippen molar-refractivity contribution in [1.82, 2.24) is 5.32 Å². The van der Waals surface area contributed by atoms with E-state index in [1.807, 2.05) is 6.92 Å². The van der Waals surface area contributed by atoms with Crippen LogP contribution in [0.2, 0.25) is 0 Å². The van der Waals surface area contributed by atoms with Crippen molar-refractivity contribution in [3.63, 3.8) is 0 Å². The van der Waals surface area contributed by atoms with E-state index in [9.17, 15) is 14.7 Å². The zero-order valence-corrected chi connectivity index (χ0v) is 9.57. The van der Waals surface area contributed by atoms with E-state index in [-0.39, 0.29) is 18.3 Å². The molecule has 5 heteroatoms. The van der Waals surface area contributed by atoms with Crippen LogP contribution < -0.4 is 5.32 Å². The molecule has 0 aliphatic carbocycles. The third-order valence-corrected chi connectivity index (χ3v) is 2.58. The summed E-state index contributed by atoms with van der Waals surface area (Å²) in [6.45, 7) is 2.39. The Labute approximate surface area is 95.2 Å². The van der Waals surface area contributed by atoms with Crippen LogP contribution in [0, 0.1) is 0 Å². The normalized spacial score (nSPS) is 21.6. The monoisotopic (exact) mass is 229 g/mol. The molecule has 92 valence electrons. The van der Waals surface area contributed by atoms with Crippen molar-refractivity contribution in [1.29, 1.82) is 0 Å². The van der Waals surface area contributed by atoms with Crippen molar-refractivity contribution in [2.45, 2.75) is 51.2 Å². The molecule has 0 aromatic rings. The van der Waals surface area contributed by atoms with Crippen LogP contribution in [-0.4, -0.2) is 35.7 Å². The SMILES string of the molecule is CCCCC(O)CC(=O)N[C@H]1CCOC1=O. The molecular weight excluding hydrogens is 210 g/mol. The molecule has 1 aliphatic rings. The van der Waals surface area contributed by atoms with Gasteiger partial charge >= 0.3 is 5.97 Å². The van der Waals surface area contributed by atoms with E-state index in [2.05, 4.69) is 5.32 Å². The maximum absolute atomic E-state index is 11.4. The molecule has 0 aromatic carbocycles. The molecule has 0 saturated carbocycles. The van der Waals surface area contributed by atoms with Gasteiger partial charge in [0.05, 0.1) is 19.1 Å². The second kappa shape index (κ2) is 6.48. The summed E-state index contributed by atoms with van der Waals surface area (Å²) < 4.78 is 4.72. The van der Waals surface area contributed by atoms with Crippen LogP contribution in [0.3, 0.4) is 0 Å². The molecule has 2 atom stereocenters. The van der Waals surface area contributed by atoms with E-state index in [0.717, 1.165) is 12.8 Å². The second-order valence-corrected chi connectivity index (χ2v) is 4.08. The van der Waals surface area contributed by atoms with Gasteiger partial charge in [-0.1, -0.05) is 19.8 Å². The number of unbranched alkanes of at least 4 members (excludes halogenated alkanes) is 1. The van der Waals surface area contributed by atoms with Gasteiger partial charge in [0.2, 0.25) is 5.91 Å². The summed E-state index contributed by atoms with van der Waals surface area (Å²) >= 11 is 0. The van der Waals surface area contributed by atoms with Crippen LogP contribution in [-0.2, 0) is 14.3 Å². The van der Waals surface area contributed by atoms with Crippen LogP contribution in [0.4, 0.5) is 0 Å². The highest BCUT2D eigenvalue weighted by Gasteiger charge is 2.28. The van der Waals surface area contributed by atoms with Crippen LogP contribution in [0.25, 0.3) is 0 Å². The fourth-order valence-electron chi connectivity index (χ4n) is 1.64. The molecular formula is C11H19NO4. The van der Waals surface area contributed by atoms with Gasteiger partial charge in [-0.2, -0.15) is 0 Å². The number of hydrogen-bond donors (Lipinski definition) is 2. The van der Waals surface area contributed by atoms with Gasteiger partial charge < -0.3 is 15.2 Å². The Morgan fingerprint density at radius 2 is 2.44 bits per heavy atom. The summed E-state index contributed by atoms with van der Waals surface area (Å²) in [5.41, 5.74) is 0. The van der Waals surface area contributed by atoms with Crippen LogP contribution in [0.5, 0.6) is 0 Å². The van der Waals surface area contributed by atoms with Gasteiger partial charge in [0.1, 0.15) is 6.04 Å². The second-order valence-electron chi connectivity index (χ2n) is 4.08. The van der Waals surface area contributed by atoms with Crippen molar-refractivity contribution in [2.75, 3.05) is 6.61 Å². The minimum atomic E-state index is -0.614. The maximum Gasteiger partial charge on any atom is 0.328 e. The number of carbonyl (C=O) groups is 2. The average Bonchev–Trinajstić information content (AvgIpc) is 2.61. The molecule has 2 N–H and O–H groups in total. The topological polar surface area (TPSA) is 75.6 Å². The number of carbonyl (C=O) groups excluding carboxylic acids is 2. The van der Waals surface area contributed by atoms with Gasteiger partial charge in [-0.15, -0.1) is 0 Å². The van der Waals surface area contributed by atoms with Gasteiger partial charge in [0.25, 0.3) is 0 Å². The number of amides is 1. The lowest BCUT2D eigenvalue weighted by Gasteiger charge is -2.12. The number of esters is 1. The zero-order chi connectivity index (χ0) is 12.0. The molecule has 0 radical (unpaired) electrons. The Bertz CT molecular complexity index is 254.